The first kappa shape index (κ1) is 20.5. The minimum absolute atomic E-state index is 0.149. The van der Waals surface area contributed by atoms with Crippen molar-refractivity contribution in [1.29, 1.82) is 0 Å². The second-order valence-corrected chi connectivity index (χ2v) is 8.13. The molecule has 0 bridgehead atoms. The van der Waals surface area contributed by atoms with Crippen LogP contribution in [-0.2, 0) is 21.5 Å². The van der Waals surface area contributed by atoms with Crippen molar-refractivity contribution in [2.75, 3.05) is 18.5 Å². The summed E-state index contributed by atoms with van der Waals surface area (Å²) in [6, 6.07) is 17.3. The highest BCUT2D eigenvalue weighted by Crippen LogP contribution is 2.30. The Morgan fingerprint density at radius 2 is 2.07 bits per heavy atom. The van der Waals surface area contributed by atoms with Crippen LogP contribution in [0.25, 0.3) is 11.3 Å². The van der Waals surface area contributed by atoms with Crippen molar-refractivity contribution in [1.82, 2.24) is 9.97 Å². The molecule has 2 aromatic carbocycles. The van der Waals surface area contributed by atoms with E-state index in [2.05, 4.69) is 15.3 Å². The molecule has 4 rings (SSSR count). The molecule has 2 heterocycles. The molecule has 0 amide bonds. The molecule has 0 spiro atoms. The van der Waals surface area contributed by atoms with E-state index in [0.717, 1.165) is 47.7 Å². The van der Waals surface area contributed by atoms with Gasteiger partial charge in [-0.05, 0) is 42.7 Å². The lowest BCUT2D eigenvalue weighted by atomic mass is 10.1. The van der Waals surface area contributed by atoms with Gasteiger partial charge in [-0.15, -0.1) is 0 Å². The Balaban J connectivity index is 1.52. The third kappa shape index (κ3) is 5.41. The Kier molecular flexibility index (Phi) is 6.68. The smallest absolute Gasteiger partial charge is 0.134 e. The minimum Gasteiger partial charge on any atom is -0.490 e. The molecule has 7 nitrogen and oxygen atoms in total. The number of anilines is 2. The molecule has 1 aliphatic heterocycles. The number of benzene rings is 2. The van der Waals surface area contributed by atoms with E-state index in [4.69, 9.17) is 14.6 Å². The Hall–Kier alpha value is -2.81. The Morgan fingerprint density at radius 1 is 1.17 bits per heavy atom. The normalized spacial score (nSPS) is 16.9. The molecule has 2 unspecified atom stereocenters. The number of para-hydroxylation sites is 1. The van der Waals surface area contributed by atoms with Gasteiger partial charge in [-0.3, -0.25) is 5.14 Å². The van der Waals surface area contributed by atoms with Crippen LogP contribution in [0.4, 0.5) is 11.5 Å². The fourth-order valence-electron chi connectivity index (χ4n) is 3.39. The number of ether oxygens (including phenoxy) is 2. The van der Waals surface area contributed by atoms with Crippen LogP contribution in [-0.4, -0.2) is 33.5 Å². The average molecular weight is 425 g/mol. The fraction of sp³-hybridized carbons (Fsp3) is 0.273. The molecule has 0 aliphatic carbocycles. The van der Waals surface area contributed by atoms with Crippen LogP contribution in [0, 0.1) is 0 Å². The number of nitrogens with two attached hydrogens (primary N) is 1. The molecule has 3 N–H and O–H groups in total. The van der Waals surface area contributed by atoms with Gasteiger partial charge in [0, 0.05) is 23.9 Å². The quantitative estimate of drug-likeness (QED) is 0.574. The third-order valence-electron chi connectivity index (χ3n) is 4.79. The van der Waals surface area contributed by atoms with Crippen LogP contribution in [0.3, 0.4) is 0 Å². The highest BCUT2D eigenvalue weighted by atomic mass is 32.2. The third-order valence-corrected chi connectivity index (χ3v) is 5.40. The molecule has 156 valence electrons. The predicted molar refractivity (Wildman–Crippen MR) is 118 cm³/mol. The van der Waals surface area contributed by atoms with E-state index in [1.807, 2.05) is 54.6 Å². The van der Waals surface area contributed by atoms with Gasteiger partial charge in [0.2, 0.25) is 0 Å². The molecule has 30 heavy (non-hydrogen) atoms. The number of nitrogens with one attached hydrogen (secondary N) is 1. The Bertz CT molecular complexity index is 1020. The second kappa shape index (κ2) is 9.80. The van der Waals surface area contributed by atoms with Crippen molar-refractivity contribution in [3.05, 3.63) is 66.5 Å². The molecular formula is C22H24N4O3S. The van der Waals surface area contributed by atoms with Gasteiger partial charge in [-0.1, -0.05) is 24.3 Å². The van der Waals surface area contributed by atoms with Crippen molar-refractivity contribution < 1.29 is 13.7 Å². The highest BCUT2D eigenvalue weighted by Gasteiger charge is 2.17. The minimum atomic E-state index is -1.38. The monoisotopic (exact) mass is 424 g/mol. The van der Waals surface area contributed by atoms with E-state index in [1.165, 1.54) is 6.33 Å². The van der Waals surface area contributed by atoms with Gasteiger partial charge in [0.15, 0.2) is 0 Å². The van der Waals surface area contributed by atoms with Crippen LogP contribution in [0.1, 0.15) is 18.4 Å². The van der Waals surface area contributed by atoms with Crippen LogP contribution in [0.2, 0.25) is 0 Å². The van der Waals surface area contributed by atoms with Gasteiger partial charge in [0.1, 0.15) is 24.5 Å². The number of hydrogen-bond acceptors (Lipinski definition) is 6. The van der Waals surface area contributed by atoms with Crippen molar-refractivity contribution in [2.45, 2.75) is 24.7 Å². The summed E-state index contributed by atoms with van der Waals surface area (Å²) in [6.45, 7) is 1.33. The van der Waals surface area contributed by atoms with Crippen molar-refractivity contribution in [2.24, 2.45) is 5.14 Å². The Morgan fingerprint density at radius 3 is 2.90 bits per heavy atom. The molecule has 1 saturated heterocycles. The summed E-state index contributed by atoms with van der Waals surface area (Å²) in [5, 5.41) is 8.67. The van der Waals surface area contributed by atoms with E-state index in [-0.39, 0.29) is 6.10 Å². The molecule has 1 fully saturated rings. The van der Waals surface area contributed by atoms with Gasteiger partial charge in [-0.25, -0.2) is 14.2 Å². The summed E-state index contributed by atoms with van der Waals surface area (Å²) in [7, 11) is -1.38. The largest absolute Gasteiger partial charge is 0.490 e. The molecular weight excluding hydrogens is 400 g/mol. The first-order valence-corrected chi connectivity index (χ1v) is 11.2. The molecule has 8 heteroatoms. The average Bonchev–Trinajstić information content (AvgIpc) is 3.26. The standard InChI is InChI=1S/C22H24N4O3S/c23-30(27)14-16-5-3-6-17(11-16)26-22-12-20(24-15-25-22)19-8-1-2-9-21(19)29-13-18-7-4-10-28-18/h1-3,5-6,8-9,11-12,15,18H,4,7,10,13-14,23H2,(H,24,25,26). The fourth-order valence-corrected chi connectivity index (χ4v) is 3.89. The van der Waals surface area contributed by atoms with Crippen LogP contribution in [0.5, 0.6) is 5.75 Å². The lowest BCUT2D eigenvalue weighted by Gasteiger charge is -2.15. The van der Waals surface area contributed by atoms with Gasteiger partial charge in [0.25, 0.3) is 0 Å². The van der Waals surface area contributed by atoms with E-state index in [9.17, 15) is 4.21 Å². The first-order chi connectivity index (χ1) is 14.7. The molecule has 1 aliphatic rings. The lowest BCUT2D eigenvalue weighted by molar-refractivity contribution is 0.0681. The summed E-state index contributed by atoms with van der Waals surface area (Å²) in [5.74, 6) is 1.73. The van der Waals surface area contributed by atoms with Crippen LogP contribution < -0.4 is 15.2 Å². The van der Waals surface area contributed by atoms with E-state index >= 15 is 0 Å². The number of nitrogens with zero attached hydrogens (tertiary/aromatic N) is 2. The summed E-state index contributed by atoms with van der Waals surface area (Å²) in [6.07, 6.45) is 3.78. The van der Waals surface area contributed by atoms with E-state index in [0.29, 0.717) is 18.2 Å². The molecule has 0 saturated carbocycles. The molecule has 2 atom stereocenters. The molecule has 3 aromatic rings. The van der Waals surface area contributed by atoms with Crippen LogP contribution >= 0.6 is 0 Å². The summed E-state index contributed by atoms with van der Waals surface area (Å²) in [5.41, 5.74) is 3.39. The van der Waals surface area contributed by atoms with E-state index in [1.54, 1.807) is 0 Å². The first-order valence-electron chi connectivity index (χ1n) is 9.82. The number of hydrogen-bond donors (Lipinski definition) is 2. The maximum atomic E-state index is 11.3. The molecule has 1 aromatic heterocycles. The second-order valence-electron chi connectivity index (χ2n) is 7.08. The predicted octanol–water partition coefficient (Wildman–Crippen LogP) is 3.57. The Labute approximate surface area is 178 Å². The highest BCUT2D eigenvalue weighted by molar-refractivity contribution is 7.81. The van der Waals surface area contributed by atoms with E-state index < -0.39 is 11.0 Å². The van der Waals surface area contributed by atoms with Gasteiger partial charge in [0.05, 0.1) is 28.5 Å². The molecule has 0 radical (unpaired) electrons. The van der Waals surface area contributed by atoms with Crippen molar-refractivity contribution in [3.8, 4) is 17.0 Å². The summed E-state index contributed by atoms with van der Waals surface area (Å²) >= 11 is 0. The SMILES string of the molecule is NS(=O)Cc1cccc(Nc2cc(-c3ccccc3OCC3CCCO3)ncn2)c1. The maximum Gasteiger partial charge on any atom is 0.134 e. The number of aromatic nitrogens is 2. The topological polar surface area (TPSA) is 99.4 Å². The summed E-state index contributed by atoms with van der Waals surface area (Å²) in [4.78, 5) is 8.75. The van der Waals surface area contributed by atoms with Crippen molar-refractivity contribution >= 4 is 22.5 Å². The van der Waals surface area contributed by atoms with Crippen LogP contribution in [0.15, 0.2) is 60.9 Å². The zero-order chi connectivity index (χ0) is 20.8. The zero-order valence-electron chi connectivity index (χ0n) is 16.5. The van der Waals surface area contributed by atoms with Crippen molar-refractivity contribution in [3.63, 3.8) is 0 Å². The zero-order valence-corrected chi connectivity index (χ0v) is 17.3. The van der Waals surface area contributed by atoms with Gasteiger partial charge in [-0.2, -0.15) is 0 Å². The van der Waals surface area contributed by atoms with Gasteiger partial charge >= 0.3 is 0 Å². The maximum absolute atomic E-state index is 11.3. The summed E-state index contributed by atoms with van der Waals surface area (Å²) < 4.78 is 23.0. The number of rotatable bonds is 8. The van der Waals surface area contributed by atoms with Gasteiger partial charge < -0.3 is 14.8 Å². The lowest BCUT2D eigenvalue weighted by Crippen LogP contribution is -2.16.